The van der Waals surface area contributed by atoms with Gasteiger partial charge in [0.25, 0.3) is 17.8 Å². The number of anilines is 1. The van der Waals surface area contributed by atoms with Crippen molar-refractivity contribution in [1.82, 2.24) is 4.90 Å². The summed E-state index contributed by atoms with van der Waals surface area (Å²) in [5, 5.41) is 0. The maximum atomic E-state index is 13.3. The molecule has 2 heterocycles. The summed E-state index contributed by atoms with van der Waals surface area (Å²) in [6.45, 7) is 0.193. The molecule has 0 spiro atoms. The smallest absolute Gasteiger partial charge is 0.340 e. The van der Waals surface area contributed by atoms with Crippen LogP contribution in [-0.4, -0.2) is 42.9 Å². The number of methoxy groups -OCH3 is 1. The van der Waals surface area contributed by atoms with Crippen LogP contribution in [0.3, 0.4) is 0 Å². The third-order valence-corrected chi connectivity index (χ3v) is 5.45. The van der Waals surface area contributed by atoms with Gasteiger partial charge in [-0.2, -0.15) is 4.99 Å². The Kier molecular flexibility index (Phi) is 5.91. The molecule has 0 saturated heterocycles. The minimum Gasteiger partial charge on any atom is -0.465 e. The third-order valence-electron chi connectivity index (χ3n) is 4.92. The molecule has 162 valence electrons. The summed E-state index contributed by atoms with van der Waals surface area (Å²) in [4.78, 5) is 45.3. The zero-order valence-corrected chi connectivity index (χ0v) is 18.8. The van der Waals surface area contributed by atoms with Gasteiger partial charge in [-0.3, -0.25) is 19.4 Å². The first-order valence-corrected chi connectivity index (χ1v) is 10.4. The number of hydrogen-bond acceptors (Lipinski definition) is 6. The van der Waals surface area contributed by atoms with E-state index in [1.165, 1.54) is 30.2 Å². The molecule has 0 N–H and O–H groups in total. The van der Waals surface area contributed by atoms with Crippen molar-refractivity contribution in [3.05, 3.63) is 87.7 Å². The third kappa shape index (κ3) is 3.94. The van der Waals surface area contributed by atoms with Crippen LogP contribution in [0, 0.1) is 0 Å². The molecule has 9 heteroatoms. The van der Waals surface area contributed by atoms with Gasteiger partial charge in [0.1, 0.15) is 12.3 Å². The molecule has 0 aliphatic carbocycles. The fourth-order valence-corrected chi connectivity index (χ4v) is 3.52. The molecule has 2 aliphatic heterocycles. The van der Waals surface area contributed by atoms with Crippen LogP contribution in [0.15, 0.2) is 87.1 Å². The number of amidine groups is 1. The van der Waals surface area contributed by atoms with Crippen LogP contribution in [0.1, 0.15) is 5.56 Å². The summed E-state index contributed by atoms with van der Waals surface area (Å²) in [6, 6.07) is 16.4. The lowest BCUT2D eigenvalue weighted by atomic mass is 10.1. The van der Waals surface area contributed by atoms with Gasteiger partial charge in [-0.25, -0.2) is 4.79 Å². The quantitative estimate of drug-likeness (QED) is 0.480. The molecule has 2 amide bonds. The maximum Gasteiger partial charge on any atom is 0.340 e. The van der Waals surface area contributed by atoms with Gasteiger partial charge in [0, 0.05) is 23.4 Å². The summed E-state index contributed by atoms with van der Waals surface area (Å²) in [6.07, 6.45) is 1.35. The summed E-state index contributed by atoms with van der Waals surface area (Å²) in [5.41, 5.74) is 1.07. The van der Waals surface area contributed by atoms with Crippen LogP contribution < -0.4 is 4.90 Å². The number of hydrogen-bond donors (Lipinski definition) is 0. The largest absolute Gasteiger partial charge is 0.465 e. The van der Waals surface area contributed by atoms with Crippen molar-refractivity contribution in [1.29, 1.82) is 0 Å². The number of carbonyl (C=O) groups excluding carboxylic acids is 3. The highest BCUT2D eigenvalue weighted by Gasteiger charge is 2.41. The van der Waals surface area contributed by atoms with Crippen LogP contribution in [0.25, 0.3) is 0 Å². The second-order valence-corrected chi connectivity index (χ2v) is 7.86. The molecule has 0 unspecified atom stereocenters. The van der Waals surface area contributed by atoms with Gasteiger partial charge in [0.05, 0.1) is 18.3 Å². The second-order valence-electron chi connectivity index (χ2n) is 6.94. The maximum absolute atomic E-state index is 13.3. The number of halogens is 1. The predicted molar refractivity (Wildman–Crippen MR) is 120 cm³/mol. The molecule has 8 nitrogen and oxygen atoms in total. The van der Waals surface area contributed by atoms with Crippen molar-refractivity contribution < 1.29 is 23.9 Å². The van der Waals surface area contributed by atoms with Crippen LogP contribution >= 0.6 is 15.9 Å². The lowest BCUT2D eigenvalue weighted by Gasteiger charge is -2.14. The van der Waals surface area contributed by atoms with Crippen molar-refractivity contribution >= 4 is 45.4 Å². The molecule has 32 heavy (non-hydrogen) atoms. The fourth-order valence-electron chi connectivity index (χ4n) is 3.25. The lowest BCUT2D eigenvalue weighted by molar-refractivity contribution is -0.136. The van der Waals surface area contributed by atoms with Crippen LogP contribution in [0.5, 0.6) is 0 Å². The van der Waals surface area contributed by atoms with E-state index in [4.69, 9.17) is 9.47 Å². The SMILES string of the molecule is COC(=O)C1=CN(c2ccc(Br)cc2)C(=O)/C1=C1/N=C(OCc2ccccc2)N(C)C1=O. The van der Waals surface area contributed by atoms with E-state index < -0.39 is 17.8 Å². The molecular weight excluding hydrogens is 478 g/mol. The number of amides is 2. The number of carbonyl (C=O) groups is 3. The van der Waals surface area contributed by atoms with Crippen molar-refractivity contribution in [3.8, 4) is 0 Å². The van der Waals surface area contributed by atoms with E-state index in [-0.39, 0.29) is 29.5 Å². The van der Waals surface area contributed by atoms with Crippen molar-refractivity contribution in [3.63, 3.8) is 0 Å². The van der Waals surface area contributed by atoms with Gasteiger partial charge in [0.2, 0.25) is 0 Å². The van der Waals surface area contributed by atoms with Gasteiger partial charge < -0.3 is 9.47 Å². The van der Waals surface area contributed by atoms with Crippen molar-refractivity contribution in [2.75, 3.05) is 19.1 Å². The van der Waals surface area contributed by atoms with Crippen molar-refractivity contribution in [2.45, 2.75) is 6.61 Å². The number of likely N-dealkylation sites (N-methyl/N-ethyl adjacent to an activating group) is 1. The summed E-state index contributed by atoms with van der Waals surface area (Å²) < 4.78 is 11.4. The van der Waals surface area contributed by atoms with Gasteiger partial charge in [-0.15, -0.1) is 0 Å². The van der Waals surface area contributed by atoms with E-state index in [1.54, 1.807) is 24.3 Å². The first-order chi connectivity index (χ1) is 15.4. The molecule has 0 bridgehead atoms. The zero-order chi connectivity index (χ0) is 22.8. The van der Waals surface area contributed by atoms with Crippen molar-refractivity contribution in [2.24, 2.45) is 4.99 Å². The van der Waals surface area contributed by atoms with E-state index >= 15 is 0 Å². The minimum absolute atomic E-state index is 0.0421. The molecule has 4 rings (SSSR count). The Morgan fingerprint density at radius 3 is 2.38 bits per heavy atom. The zero-order valence-electron chi connectivity index (χ0n) is 17.2. The number of benzene rings is 2. The lowest BCUT2D eigenvalue weighted by Crippen LogP contribution is -2.30. The highest BCUT2D eigenvalue weighted by molar-refractivity contribution is 9.10. The van der Waals surface area contributed by atoms with Crippen LogP contribution in [0.2, 0.25) is 0 Å². The molecule has 0 fully saturated rings. The molecule has 2 aromatic carbocycles. The fraction of sp³-hybridized carbons (Fsp3) is 0.130. The van der Waals surface area contributed by atoms with Crippen LogP contribution in [0.4, 0.5) is 5.69 Å². The monoisotopic (exact) mass is 495 g/mol. The number of ether oxygens (including phenoxy) is 2. The first-order valence-electron chi connectivity index (χ1n) is 9.58. The topological polar surface area (TPSA) is 88.5 Å². The normalized spacial score (nSPS) is 18.1. The molecule has 0 aromatic heterocycles. The van der Waals surface area contributed by atoms with E-state index in [9.17, 15) is 14.4 Å². The van der Waals surface area contributed by atoms with Crippen LogP contribution in [-0.2, 0) is 30.5 Å². The highest BCUT2D eigenvalue weighted by Crippen LogP contribution is 2.34. The van der Waals surface area contributed by atoms with Gasteiger partial charge >= 0.3 is 5.97 Å². The van der Waals surface area contributed by atoms with E-state index in [0.29, 0.717) is 5.69 Å². The number of esters is 1. The Bertz CT molecular complexity index is 1190. The number of rotatable bonds is 4. The molecule has 0 radical (unpaired) electrons. The average molecular weight is 496 g/mol. The predicted octanol–water partition coefficient (Wildman–Crippen LogP) is 3.15. The number of aliphatic imine (C=N–C) groups is 1. The Hall–Kier alpha value is -3.72. The molecule has 0 atom stereocenters. The Morgan fingerprint density at radius 2 is 1.72 bits per heavy atom. The van der Waals surface area contributed by atoms with Gasteiger partial charge in [0.15, 0.2) is 0 Å². The van der Waals surface area contributed by atoms with E-state index in [1.807, 2.05) is 30.3 Å². The minimum atomic E-state index is -0.746. The standard InChI is InChI=1S/C23H18BrN3O5/c1-26-21(29)19(25-23(26)32-13-14-6-4-3-5-7-14)18-17(22(30)31-2)12-27(20(18)28)16-10-8-15(24)9-11-16/h3-12H,13H2,1-2H3/b19-18+. The average Bonchev–Trinajstić information content (AvgIpc) is 3.29. The van der Waals surface area contributed by atoms with Gasteiger partial charge in [-0.1, -0.05) is 46.3 Å². The van der Waals surface area contributed by atoms with E-state index in [0.717, 1.165) is 10.0 Å². The molecule has 2 aromatic rings. The van der Waals surface area contributed by atoms with E-state index in [2.05, 4.69) is 20.9 Å². The highest BCUT2D eigenvalue weighted by atomic mass is 79.9. The summed E-state index contributed by atoms with van der Waals surface area (Å²) in [5.74, 6) is -1.86. The molecule has 2 aliphatic rings. The summed E-state index contributed by atoms with van der Waals surface area (Å²) >= 11 is 3.35. The van der Waals surface area contributed by atoms with Gasteiger partial charge in [-0.05, 0) is 29.8 Å². The first kappa shape index (κ1) is 21.5. The molecule has 0 saturated carbocycles. The summed E-state index contributed by atoms with van der Waals surface area (Å²) in [7, 11) is 2.70. The molecular formula is C23H18BrN3O5. The Morgan fingerprint density at radius 1 is 1.03 bits per heavy atom. The second kappa shape index (κ2) is 8.80. The Balaban J connectivity index is 1.71. The Labute approximate surface area is 192 Å². The number of nitrogens with zero attached hydrogens (tertiary/aromatic N) is 3.